The lowest BCUT2D eigenvalue weighted by Crippen LogP contribution is -2.36. The molecule has 6 nitrogen and oxygen atoms in total. The second kappa shape index (κ2) is 9.09. The highest BCUT2D eigenvalue weighted by Gasteiger charge is 2.08. The van der Waals surface area contributed by atoms with Gasteiger partial charge in [-0.25, -0.2) is 14.4 Å². The predicted octanol–water partition coefficient (Wildman–Crippen LogP) is 3.64. The smallest absolute Gasteiger partial charge is 0.224 e. The topological polar surface area (TPSA) is 71.4 Å². The zero-order chi connectivity index (χ0) is 19.1. The summed E-state index contributed by atoms with van der Waals surface area (Å²) in [4.78, 5) is 14.0. The van der Waals surface area contributed by atoms with Crippen LogP contribution >= 0.6 is 11.3 Å². The molecule has 2 aromatic heterocycles. The van der Waals surface area contributed by atoms with Gasteiger partial charge in [-0.05, 0) is 25.1 Å². The van der Waals surface area contributed by atoms with Crippen molar-refractivity contribution >= 4 is 17.3 Å². The van der Waals surface area contributed by atoms with Gasteiger partial charge in [0.1, 0.15) is 16.6 Å². The monoisotopic (exact) mass is 385 g/mol. The molecule has 3 rings (SSSR count). The van der Waals surface area contributed by atoms with E-state index in [2.05, 4.69) is 25.6 Å². The zero-order valence-corrected chi connectivity index (χ0v) is 15.9. The van der Waals surface area contributed by atoms with Crippen LogP contribution in [0.4, 0.5) is 4.39 Å². The molecule has 3 aromatic rings. The number of ether oxygens (including phenoxy) is 1. The molecule has 0 saturated heterocycles. The normalized spacial score (nSPS) is 11.3. The molecule has 0 fully saturated rings. The number of hydrogen-bond acceptors (Lipinski definition) is 5. The summed E-state index contributed by atoms with van der Waals surface area (Å²) >= 11 is 1.64. The molecular weight excluding hydrogens is 365 g/mol. The average Bonchev–Trinajstić information content (AvgIpc) is 3.08. The molecule has 0 radical (unpaired) electrons. The fourth-order valence-corrected chi connectivity index (χ4v) is 3.06. The summed E-state index contributed by atoms with van der Waals surface area (Å²) in [6.45, 7) is 3.07. The molecule has 0 aliphatic heterocycles. The van der Waals surface area contributed by atoms with Gasteiger partial charge in [-0.2, -0.15) is 0 Å². The Morgan fingerprint density at radius 2 is 2.04 bits per heavy atom. The van der Waals surface area contributed by atoms with Gasteiger partial charge in [0.15, 0.2) is 5.96 Å². The first kappa shape index (κ1) is 18.8. The van der Waals surface area contributed by atoms with Gasteiger partial charge in [0.25, 0.3) is 0 Å². The lowest BCUT2D eigenvalue weighted by atomic mass is 10.2. The molecule has 0 saturated carbocycles. The fourth-order valence-electron chi connectivity index (χ4n) is 2.33. The van der Waals surface area contributed by atoms with Crippen LogP contribution in [0.25, 0.3) is 0 Å². The Balaban J connectivity index is 1.61. The van der Waals surface area contributed by atoms with Crippen molar-refractivity contribution < 1.29 is 9.13 Å². The Morgan fingerprint density at radius 3 is 2.78 bits per heavy atom. The Labute approximate surface area is 161 Å². The van der Waals surface area contributed by atoms with E-state index >= 15 is 0 Å². The first-order chi connectivity index (χ1) is 13.1. The van der Waals surface area contributed by atoms with Crippen molar-refractivity contribution in [3.63, 3.8) is 0 Å². The van der Waals surface area contributed by atoms with E-state index < -0.39 is 0 Å². The number of nitrogens with one attached hydrogen (secondary N) is 2. The number of aliphatic imine (C=N–C) groups is 1. The highest BCUT2D eigenvalue weighted by molar-refractivity contribution is 7.11. The van der Waals surface area contributed by atoms with E-state index in [1.165, 1.54) is 17.0 Å². The number of aromatic nitrogens is 2. The maximum atomic E-state index is 13.4. The number of aryl methyl sites for hydroxylation is 1. The van der Waals surface area contributed by atoms with E-state index in [0.717, 1.165) is 10.6 Å². The lowest BCUT2D eigenvalue weighted by Gasteiger charge is -2.13. The molecule has 0 spiro atoms. The summed E-state index contributed by atoms with van der Waals surface area (Å²) in [6.07, 6.45) is 3.49. The van der Waals surface area contributed by atoms with E-state index in [1.54, 1.807) is 36.7 Å². The van der Waals surface area contributed by atoms with Gasteiger partial charge in [-0.3, -0.25) is 4.99 Å². The quantitative estimate of drug-likeness (QED) is 0.501. The number of nitrogens with zero attached hydrogens (tertiary/aromatic N) is 3. The summed E-state index contributed by atoms with van der Waals surface area (Å²) < 4.78 is 19.1. The molecule has 0 bridgehead atoms. The molecule has 2 N–H and O–H groups in total. The van der Waals surface area contributed by atoms with E-state index in [9.17, 15) is 4.39 Å². The largest absolute Gasteiger partial charge is 0.439 e. The number of hydrogen-bond donors (Lipinski definition) is 2. The fraction of sp³-hybridized carbons (Fsp3) is 0.211. The Hall–Kier alpha value is -3.00. The molecule has 1 aromatic carbocycles. The van der Waals surface area contributed by atoms with Gasteiger partial charge in [-0.15, -0.1) is 11.3 Å². The first-order valence-electron chi connectivity index (χ1n) is 8.37. The maximum absolute atomic E-state index is 13.4. The third-order valence-electron chi connectivity index (χ3n) is 3.61. The minimum absolute atomic E-state index is 0.356. The van der Waals surface area contributed by atoms with Crippen LogP contribution in [-0.2, 0) is 13.1 Å². The lowest BCUT2D eigenvalue weighted by molar-refractivity contribution is 0.450. The van der Waals surface area contributed by atoms with E-state index in [0.29, 0.717) is 30.7 Å². The van der Waals surface area contributed by atoms with Crippen molar-refractivity contribution in [1.29, 1.82) is 0 Å². The van der Waals surface area contributed by atoms with Crippen LogP contribution in [0.5, 0.6) is 11.6 Å². The number of thiazole rings is 1. The standard InChI is InChI=1S/C19H20FN5OS/c1-13-10-23-17(27-13)12-25-19(21-2)24-11-14-5-4-8-22-18(14)26-16-7-3-6-15(20)9-16/h3-10H,11-12H2,1-2H3,(H2,21,24,25). The zero-order valence-electron chi connectivity index (χ0n) is 15.1. The van der Waals surface area contributed by atoms with Crippen LogP contribution in [-0.4, -0.2) is 23.0 Å². The van der Waals surface area contributed by atoms with E-state index in [-0.39, 0.29) is 5.82 Å². The summed E-state index contributed by atoms with van der Waals surface area (Å²) in [6, 6.07) is 9.69. The highest BCUT2D eigenvalue weighted by atomic mass is 32.1. The van der Waals surface area contributed by atoms with Crippen molar-refractivity contribution in [1.82, 2.24) is 20.6 Å². The van der Waals surface area contributed by atoms with Gasteiger partial charge in [-0.1, -0.05) is 12.1 Å². The summed E-state index contributed by atoms with van der Waals surface area (Å²) in [7, 11) is 1.70. The van der Waals surface area contributed by atoms with Crippen molar-refractivity contribution in [2.45, 2.75) is 20.0 Å². The molecule has 140 valence electrons. The van der Waals surface area contributed by atoms with Crippen molar-refractivity contribution in [2.75, 3.05) is 7.05 Å². The Bertz CT molecular complexity index is 928. The van der Waals surface area contributed by atoms with Gasteiger partial charge in [0.2, 0.25) is 5.88 Å². The molecule has 2 heterocycles. The second-order valence-corrected chi connectivity index (χ2v) is 6.99. The number of benzene rings is 1. The molecule has 27 heavy (non-hydrogen) atoms. The van der Waals surface area contributed by atoms with Gasteiger partial charge in [0.05, 0.1) is 6.54 Å². The Morgan fingerprint density at radius 1 is 1.19 bits per heavy atom. The SMILES string of the molecule is CN=C(NCc1ncc(C)s1)NCc1cccnc1Oc1cccc(F)c1. The number of pyridine rings is 1. The van der Waals surface area contributed by atoms with E-state index in [4.69, 9.17) is 4.74 Å². The van der Waals surface area contributed by atoms with Crippen LogP contribution in [0, 0.1) is 12.7 Å². The van der Waals surface area contributed by atoms with Gasteiger partial charge >= 0.3 is 0 Å². The van der Waals surface area contributed by atoms with E-state index in [1.807, 2.05) is 25.3 Å². The van der Waals surface area contributed by atoms with Crippen molar-refractivity contribution in [2.24, 2.45) is 4.99 Å². The highest BCUT2D eigenvalue weighted by Crippen LogP contribution is 2.23. The summed E-state index contributed by atoms with van der Waals surface area (Å²) in [5, 5.41) is 7.44. The Kier molecular flexibility index (Phi) is 6.32. The van der Waals surface area contributed by atoms with Crippen LogP contribution in [0.1, 0.15) is 15.4 Å². The second-order valence-electron chi connectivity index (χ2n) is 5.67. The third-order valence-corrected chi connectivity index (χ3v) is 4.52. The molecule has 0 aliphatic carbocycles. The molecule has 0 atom stereocenters. The van der Waals surface area contributed by atoms with Crippen LogP contribution in [0.15, 0.2) is 53.8 Å². The maximum Gasteiger partial charge on any atom is 0.224 e. The van der Waals surface area contributed by atoms with Gasteiger partial charge < -0.3 is 15.4 Å². The minimum Gasteiger partial charge on any atom is -0.439 e. The van der Waals surface area contributed by atoms with Crippen molar-refractivity contribution in [3.05, 3.63) is 70.1 Å². The predicted molar refractivity (Wildman–Crippen MR) is 105 cm³/mol. The van der Waals surface area contributed by atoms with Gasteiger partial charge in [0, 0.05) is 42.5 Å². The molecule has 8 heteroatoms. The number of rotatable bonds is 6. The summed E-state index contributed by atoms with van der Waals surface area (Å²) in [5.41, 5.74) is 0.829. The molecule has 0 unspecified atom stereocenters. The average molecular weight is 385 g/mol. The molecule has 0 aliphatic rings. The molecule has 0 amide bonds. The first-order valence-corrected chi connectivity index (χ1v) is 9.19. The van der Waals surface area contributed by atoms with Crippen LogP contribution in [0.2, 0.25) is 0 Å². The van der Waals surface area contributed by atoms with Crippen LogP contribution in [0.3, 0.4) is 0 Å². The number of guanidine groups is 1. The van der Waals surface area contributed by atoms with Crippen molar-refractivity contribution in [3.8, 4) is 11.6 Å². The third kappa shape index (κ3) is 5.49. The van der Waals surface area contributed by atoms with Crippen LogP contribution < -0.4 is 15.4 Å². The summed E-state index contributed by atoms with van der Waals surface area (Å²) in [5.74, 6) is 1.10. The minimum atomic E-state index is -0.356. The number of halogens is 1. The molecular formula is C19H20FN5OS.